The van der Waals surface area contributed by atoms with E-state index >= 15 is 0 Å². The van der Waals surface area contributed by atoms with Gasteiger partial charge in [0, 0.05) is 0 Å². The number of methoxy groups -OCH3 is 3. The molecule has 0 saturated carbocycles. The fourth-order valence-corrected chi connectivity index (χ4v) is 4.35. The summed E-state index contributed by atoms with van der Waals surface area (Å²) in [5.41, 5.74) is 2.69. The summed E-state index contributed by atoms with van der Waals surface area (Å²) in [6, 6.07) is 22.5. The Hall–Kier alpha value is -3.18. The molecule has 0 aromatic heterocycles. The second-order valence-electron chi connectivity index (χ2n) is 9.12. The molecule has 9 nitrogen and oxygen atoms in total. The Kier molecular flexibility index (Phi) is 10.5. The Morgan fingerprint density at radius 1 is 0.564 bits per heavy atom. The number of aliphatic hydroxyl groups is 2. The van der Waals surface area contributed by atoms with Crippen molar-refractivity contribution in [1.29, 1.82) is 0 Å². The number of aliphatic hydroxyl groups excluding tert-OH is 2. The molecule has 0 amide bonds. The molecule has 39 heavy (non-hydrogen) atoms. The van der Waals surface area contributed by atoms with E-state index in [0.29, 0.717) is 0 Å². The van der Waals surface area contributed by atoms with Crippen molar-refractivity contribution in [3.8, 4) is 17.2 Å². The van der Waals surface area contributed by atoms with Gasteiger partial charge in [-0.05, 0) is 53.1 Å². The smallest absolute Gasteiger partial charge is 0.184 e. The molecule has 1 fully saturated rings. The van der Waals surface area contributed by atoms with Gasteiger partial charge in [0.15, 0.2) is 6.29 Å². The molecule has 9 heteroatoms. The van der Waals surface area contributed by atoms with Crippen LogP contribution in [-0.2, 0) is 38.8 Å². The second kappa shape index (κ2) is 14.3. The lowest BCUT2D eigenvalue weighted by molar-refractivity contribution is -0.315. The minimum atomic E-state index is -1.33. The standard InChI is InChI=1S/C30H36O9/c1-33-23-10-4-20(5-11-23)17-36-27-26(16-31)39-30(32)29(38-19-22-8-14-25(35-3)15-9-22)28(27)37-18-21-6-12-24(34-2)13-7-21/h4-15,26-32H,16-19H2,1-3H3/t26-,27-,28+,29+,30+/m1/s1. The molecule has 0 unspecified atom stereocenters. The third-order valence-electron chi connectivity index (χ3n) is 6.59. The number of benzene rings is 3. The molecule has 1 saturated heterocycles. The van der Waals surface area contributed by atoms with Gasteiger partial charge in [0.05, 0.1) is 47.8 Å². The van der Waals surface area contributed by atoms with Crippen LogP contribution in [0.2, 0.25) is 0 Å². The van der Waals surface area contributed by atoms with Crippen LogP contribution in [-0.4, -0.2) is 68.9 Å². The Bertz CT molecular complexity index is 1120. The molecular formula is C30H36O9. The van der Waals surface area contributed by atoms with Gasteiger partial charge in [0.25, 0.3) is 0 Å². The van der Waals surface area contributed by atoms with E-state index in [1.807, 2.05) is 72.8 Å². The number of rotatable bonds is 13. The molecule has 1 aliphatic heterocycles. The highest BCUT2D eigenvalue weighted by molar-refractivity contribution is 5.28. The molecule has 4 rings (SSSR count). The van der Waals surface area contributed by atoms with Gasteiger partial charge in [-0.1, -0.05) is 36.4 Å². The predicted molar refractivity (Wildman–Crippen MR) is 143 cm³/mol. The maximum absolute atomic E-state index is 10.9. The summed E-state index contributed by atoms with van der Waals surface area (Å²) in [5, 5.41) is 21.0. The molecule has 3 aromatic carbocycles. The van der Waals surface area contributed by atoms with Gasteiger partial charge in [-0.2, -0.15) is 0 Å². The van der Waals surface area contributed by atoms with Crippen molar-refractivity contribution in [2.24, 2.45) is 0 Å². The largest absolute Gasteiger partial charge is 0.497 e. The van der Waals surface area contributed by atoms with Crippen molar-refractivity contribution in [2.45, 2.75) is 50.5 Å². The lowest BCUT2D eigenvalue weighted by atomic mass is 9.98. The van der Waals surface area contributed by atoms with Gasteiger partial charge in [0.2, 0.25) is 0 Å². The highest BCUT2D eigenvalue weighted by atomic mass is 16.7. The zero-order valence-electron chi connectivity index (χ0n) is 22.4. The van der Waals surface area contributed by atoms with E-state index in [1.165, 1.54) is 0 Å². The fourth-order valence-electron chi connectivity index (χ4n) is 4.35. The molecule has 2 N–H and O–H groups in total. The molecule has 0 spiro atoms. The number of hydrogen-bond donors (Lipinski definition) is 2. The third-order valence-corrected chi connectivity index (χ3v) is 6.59. The lowest BCUT2D eigenvalue weighted by Gasteiger charge is -2.44. The molecule has 3 aromatic rings. The summed E-state index contributed by atoms with van der Waals surface area (Å²) in [7, 11) is 4.83. The predicted octanol–water partition coefficient (Wildman–Crippen LogP) is 3.48. The molecular weight excluding hydrogens is 504 g/mol. The van der Waals surface area contributed by atoms with Crippen LogP contribution >= 0.6 is 0 Å². The maximum Gasteiger partial charge on any atom is 0.184 e. The topological polar surface area (TPSA) is 105 Å². The summed E-state index contributed by atoms with van der Waals surface area (Å²) in [5.74, 6) is 2.21. The van der Waals surface area contributed by atoms with Gasteiger partial charge >= 0.3 is 0 Å². The van der Waals surface area contributed by atoms with Gasteiger partial charge in [-0.25, -0.2) is 0 Å². The highest BCUT2D eigenvalue weighted by Crippen LogP contribution is 2.30. The van der Waals surface area contributed by atoms with Gasteiger partial charge in [-0.15, -0.1) is 0 Å². The first kappa shape index (κ1) is 28.8. The maximum atomic E-state index is 10.9. The zero-order chi connectivity index (χ0) is 27.6. The minimum Gasteiger partial charge on any atom is -0.497 e. The first-order chi connectivity index (χ1) is 19.0. The lowest BCUT2D eigenvalue weighted by Crippen LogP contribution is -2.61. The van der Waals surface area contributed by atoms with Crippen molar-refractivity contribution in [2.75, 3.05) is 27.9 Å². The van der Waals surface area contributed by atoms with Crippen molar-refractivity contribution >= 4 is 0 Å². The Balaban J connectivity index is 1.53. The number of hydrogen-bond acceptors (Lipinski definition) is 9. The van der Waals surface area contributed by atoms with Gasteiger partial charge in [-0.3, -0.25) is 0 Å². The van der Waals surface area contributed by atoms with Crippen LogP contribution in [0.5, 0.6) is 17.2 Å². The molecule has 0 bridgehead atoms. The molecule has 1 heterocycles. The summed E-state index contributed by atoms with van der Waals surface area (Å²) < 4.78 is 40.2. The average molecular weight is 541 g/mol. The van der Waals surface area contributed by atoms with Crippen molar-refractivity contribution < 1.29 is 43.4 Å². The summed E-state index contributed by atoms with van der Waals surface area (Å²) >= 11 is 0. The molecule has 210 valence electrons. The van der Waals surface area contributed by atoms with Crippen molar-refractivity contribution in [1.82, 2.24) is 0 Å². The summed E-state index contributed by atoms with van der Waals surface area (Å²) in [4.78, 5) is 0. The third kappa shape index (κ3) is 7.69. The Morgan fingerprint density at radius 3 is 1.28 bits per heavy atom. The van der Waals surface area contributed by atoms with E-state index in [2.05, 4.69) is 0 Å². The van der Waals surface area contributed by atoms with Gasteiger partial charge in [0.1, 0.15) is 41.7 Å². The molecule has 1 aliphatic rings. The van der Waals surface area contributed by atoms with Gasteiger partial charge < -0.3 is 43.4 Å². The van der Waals surface area contributed by atoms with E-state index in [4.69, 9.17) is 33.2 Å². The van der Waals surface area contributed by atoms with Crippen molar-refractivity contribution in [3.63, 3.8) is 0 Å². The average Bonchev–Trinajstić information content (AvgIpc) is 2.99. The van der Waals surface area contributed by atoms with Crippen molar-refractivity contribution in [3.05, 3.63) is 89.5 Å². The van der Waals surface area contributed by atoms with Crippen LogP contribution in [0.3, 0.4) is 0 Å². The van der Waals surface area contributed by atoms with Crippen LogP contribution in [0.15, 0.2) is 72.8 Å². The quantitative estimate of drug-likeness (QED) is 0.337. The molecule has 0 aliphatic carbocycles. The van der Waals surface area contributed by atoms with E-state index < -0.39 is 30.7 Å². The minimum absolute atomic E-state index is 0.201. The highest BCUT2D eigenvalue weighted by Gasteiger charge is 2.47. The Morgan fingerprint density at radius 2 is 0.923 bits per heavy atom. The molecule has 5 atom stereocenters. The summed E-state index contributed by atoms with van der Waals surface area (Å²) in [6.45, 7) is 0.299. The van der Waals surface area contributed by atoms with E-state index in [9.17, 15) is 10.2 Å². The van der Waals surface area contributed by atoms with Crippen LogP contribution in [0.4, 0.5) is 0 Å². The zero-order valence-corrected chi connectivity index (χ0v) is 22.4. The first-order valence-electron chi connectivity index (χ1n) is 12.7. The second-order valence-corrected chi connectivity index (χ2v) is 9.12. The van der Waals surface area contributed by atoms with Crippen LogP contribution in [0.25, 0.3) is 0 Å². The summed E-state index contributed by atoms with van der Waals surface area (Å²) in [6.07, 6.45) is -4.50. The molecule has 0 radical (unpaired) electrons. The van der Waals surface area contributed by atoms with Crippen LogP contribution in [0, 0.1) is 0 Å². The van der Waals surface area contributed by atoms with E-state index in [-0.39, 0.29) is 26.4 Å². The van der Waals surface area contributed by atoms with E-state index in [0.717, 1.165) is 33.9 Å². The number of ether oxygens (including phenoxy) is 7. The normalized spacial score (nSPS) is 22.8. The van der Waals surface area contributed by atoms with Crippen LogP contribution < -0.4 is 14.2 Å². The SMILES string of the molecule is COc1ccc(CO[C@@H]2[C@H](OCc3ccc(OC)cc3)[C@@H](O)O[C@H](CO)[C@H]2OCc2ccc(OC)cc2)cc1. The monoisotopic (exact) mass is 540 g/mol. The van der Waals surface area contributed by atoms with Crippen LogP contribution in [0.1, 0.15) is 16.7 Å². The fraction of sp³-hybridized carbons (Fsp3) is 0.400. The van der Waals surface area contributed by atoms with E-state index in [1.54, 1.807) is 21.3 Å². The Labute approximate surface area is 228 Å². The first-order valence-corrected chi connectivity index (χ1v) is 12.7.